The molecule has 0 fully saturated rings. The number of fused-ring (bicyclic) bond motifs is 1. The van der Waals surface area contributed by atoms with Crippen LogP contribution < -0.4 is 15.5 Å². The van der Waals surface area contributed by atoms with Crippen LogP contribution in [-0.4, -0.2) is 29.9 Å². The maximum Gasteiger partial charge on any atom is 0.272 e. The minimum absolute atomic E-state index is 0.197. The molecule has 0 bridgehead atoms. The van der Waals surface area contributed by atoms with Gasteiger partial charge in [0.2, 0.25) is 6.17 Å². The number of allylic oxidation sites excluding steroid dienone is 4. The van der Waals surface area contributed by atoms with Crippen LogP contribution in [0.5, 0.6) is 0 Å². The van der Waals surface area contributed by atoms with Gasteiger partial charge in [-0.2, -0.15) is 0 Å². The van der Waals surface area contributed by atoms with Crippen LogP contribution in [0.2, 0.25) is 5.02 Å². The van der Waals surface area contributed by atoms with Gasteiger partial charge in [-0.15, -0.1) is 0 Å². The maximum atomic E-state index is 13.3. The summed E-state index contributed by atoms with van der Waals surface area (Å²) in [6, 6.07) is 15.3. The van der Waals surface area contributed by atoms with Gasteiger partial charge in [0, 0.05) is 28.9 Å². The number of likely N-dealkylation sites (N-methyl/N-ethyl adjacent to an activating group) is 1. The van der Waals surface area contributed by atoms with E-state index in [1.807, 2.05) is 42.5 Å². The van der Waals surface area contributed by atoms with E-state index >= 15 is 0 Å². The Balaban J connectivity index is 1.70. The molecule has 2 N–H and O–H groups in total. The third-order valence-electron chi connectivity index (χ3n) is 5.63. The van der Waals surface area contributed by atoms with Gasteiger partial charge in [-0.25, -0.2) is 4.99 Å². The first-order chi connectivity index (χ1) is 15.5. The standard InChI is InChI=1S/C25H25ClN4OS/c1-3-16-9-7-8-12-20(16)27-25(32)29-23-24(31)30(2)21-14-13-18(26)15-19(21)22(28-23)17-10-5-4-6-11-17/h4-7,9-11,13-15,23H,3,8,12H2,1-2H3,(H2,27,29,32). The molecule has 32 heavy (non-hydrogen) atoms. The Kier molecular flexibility index (Phi) is 6.72. The number of aliphatic imine (C=N–C) groups is 1. The van der Waals surface area contributed by atoms with E-state index in [2.05, 4.69) is 29.7 Å². The van der Waals surface area contributed by atoms with Crippen LogP contribution in [0.25, 0.3) is 0 Å². The molecule has 1 aliphatic heterocycles. The van der Waals surface area contributed by atoms with Gasteiger partial charge in [0.05, 0.1) is 11.4 Å². The molecular formula is C25H25ClN4OS. The van der Waals surface area contributed by atoms with Crippen molar-refractivity contribution in [3.05, 3.63) is 88.1 Å². The number of benzodiazepines with no additional fused rings is 1. The molecule has 0 saturated carbocycles. The number of rotatable bonds is 4. The van der Waals surface area contributed by atoms with Crippen molar-refractivity contribution < 1.29 is 4.79 Å². The zero-order valence-electron chi connectivity index (χ0n) is 18.1. The van der Waals surface area contributed by atoms with Crippen molar-refractivity contribution in [3.8, 4) is 0 Å². The average molecular weight is 465 g/mol. The lowest BCUT2D eigenvalue weighted by Crippen LogP contribution is -2.49. The highest BCUT2D eigenvalue weighted by molar-refractivity contribution is 7.80. The van der Waals surface area contributed by atoms with Crippen LogP contribution >= 0.6 is 23.8 Å². The van der Waals surface area contributed by atoms with Crippen molar-refractivity contribution in [2.24, 2.45) is 4.99 Å². The van der Waals surface area contributed by atoms with Gasteiger partial charge < -0.3 is 15.5 Å². The summed E-state index contributed by atoms with van der Waals surface area (Å²) >= 11 is 11.9. The number of thiocarbonyl (C=S) groups is 1. The van der Waals surface area contributed by atoms with E-state index in [0.29, 0.717) is 15.8 Å². The Morgan fingerprint density at radius 3 is 2.78 bits per heavy atom. The largest absolute Gasteiger partial charge is 0.336 e. The number of benzene rings is 2. The van der Waals surface area contributed by atoms with Gasteiger partial charge in [0.15, 0.2) is 5.11 Å². The summed E-state index contributed by atoms with van der Waals surface area (Å²) in [5.41, 5.74) is 5.45. The third kappa shape index (κ3) is 4.61. The number of carbonyl (C=O) groups excluding carboxylic acids is 1. The molecule has 164 valence electrons. The fourth-order valence-electron chi connectivity index (χ4n) is 3.95. The van der Waals surface area contributed by atoms with Crippen LogP contribution in [0.3, 0.4) is 0 Å². The van der Waals surface area contributed by atoms with Crippen molar-refractivity contribution >= 4 is 46.2 Å². The molecule has 2 aromatic carbocycles. The molecular weight excluding hydrogens is 440 g/mol. The summed E-state index contributed by atoms with van der Waals surface area (Å²) in [6.07, 6.45) is 6.20. The monoisotopic (exact) mass is 464 g/mol. The molecule has 2 aromatic rings. The maximum absolute atomic E-state index is 13.3. The lowest BCUT2D eigenvalue weighted by atomic mass is 10.0. The van der Waals surface area contributed by atoms with Gasteiger partial charge in [-0.1, -0.05) is 61.0 Å². The van der Waals surface area contributed by atoms with Crippen molar-refractivity contribution in [1.29, 1.82) is 0 Å². The molecule has 1 unspecified atom stereocenters. The number of amides is 1. The summed E-state index contributed by atoms with van der Waals surface area (Å²) in [7, 11) is 1.74. The highest BCUT2D eigenvalue weighted by atomic mass is 35.5. The minimum Gasteiger partial charge on any atom is -0.336 e. The van der Waals surface area contributed by atoms with Gasteiger partial charge in [0.1, 0.15) is 0 Å². The predicted molar refractivity (Wildman–Crippen MR) is 135 cm³/mol. The topological polar surface area (TPSA) is 56.7 Å². The molecule has 0 saturated heterocycles. The Hall–Kier alpha value is -2.96. The van der Waals surface area contributed by atoms with Crippen LogP contribution in [-0.2, 0) is 4.79 Å². The first-order valence-electron chi connectivity index (χ1n) is 10.6. The van der Waals surface area contributed by atoms with E-state index in [9.17, 15) is 4.79 Å². The number of anilines is 1. The zero-order chi connectivity index (χ0) is 22.7. The van der Waals surface area contributed by atoms with E-state index in [1.165, 1.54) is 5.57 Å². The Morgan fingerprint density at radius 2 is 2.03 bits per heavy atom. The van der Waals surface area contributed by atoms with E-state index in [1.54, 1.807) is 18.0 Å². The Bertz CT molecular complexity index is 1140. The quantitative estimate of drug-likeness (QED) is 0.628. The summed E-state index contributed by atoms with van der Waals surface area (Å²) < 4.78 is 0. The number of nitrogens with one attached hydrogen (secondary N) is 2. The molecule has 0 spiro atoms. The van der Waals surface area contributed by atoms with E-state index < -0.39 is 6.17 Å². The molecule has 1 aliphatic carbocycles. The predicted octanol–water partition coefficient (Wildman–Crippen LogP) is 4.96. The zero-order valence-corrected chi connectivity index (χ0v) is 19.6. The molecule has 0 aromatic heterocycles. The molecule has 7 heteroatoms. The van der Waals surface area contributed by atoms with Crippen LogP contribution in [0, 0.1) is 0 Å². The number of hydrogen-bond acceptors (Lipinski definition) is 3. The molecule has 5 nitrogen and oxygen atoms in total. The van der Waals surface area contributed by atoms with E-state index in [0.717, 1.165) is 41.8 Å². The number of halogens is 1. The van der Waals surface area contributed by atoms with Gasteiger partial charge in [-0.05, 0) is 55.3 Å². The SMILES string of the molecule is CCC1=C(NC(=S)NC2N=C(c3ccccc3)c3cc(Cl)ccc3N(C)C2=O)CCC=C1. The number of carbonyl (C=O) groups is 1. The molecule has 4 rings (SSSR count). The van der Waals surface area contributed by atoms with Crippen molar-refractivity contribution in [1.82, 2.24) is 10.6 Å². The van der Waals surface area contributed by atoms with Crippen molar-refractivity contribution in [2.45, 2.75) is 32.4 Å². The van der Waals surface area contributed by atoms with Crippen LogP contribution in [0.1, 0.15) is 37.3 Å². The molecule has 1 atom stereocenters. The highest BCUT2D eigenvalue weighted by Crippen LogP contribution is 2.30. The smallest absolute Gasteiger partial charge is 0.272 e. The summed E-state index contributed by atoms with van der Waals surface area (Å²) in [5, 5.41) is 7.39. The van der Waals surface area contributed by atoms with Gasteiger partial charge in [-0.3, -0.25) is 4.79 Å². The van der Waals surface area contributed by atoms with Crippen LogP contribution in [0.4, 0.5) is 5.69 Å². The molecule has 0 radical (unpaired) electrons. The molecule has 2 aliphatic rings. The average Bonchev–Trinajstić information content (AvgIpc) is 2.90. The molecule has 1 heterocycles. The van der Waals surface area contributed by atoms with E-state index in [4.69, 9.17) is 28.8 Å². The van der Waals surface area contributed by atoms with Crippen LogP contribution in [0.15, 0.2) is 76.9 Å². The van der Waals surface area contributed by atoms with Crippen molar-refractivity contribution in [2.75, 3.05) is 11.9 Å². The van der Waals surface area contributed by atoms with Gasteiger partial charge in [0.25, 0.3) is 5.91 Å². The third-order valence-corrected chi connectivity index (χ3v) is 6.08. The number of hydrogen-bond donors (Lipinski definition) is 2. The normalized spacial score (nSPS) is 18.1. The fourth-order valence-corrected chi connectivity index (χ4v) is 4.36. The second-order valence-electron chi connectivity index (χ2n) is 7.70. The lowest BCUT2D eigenvalue weighted by molar-refractivity contribution is -0.119. The molecule has 1 amide bonds. The second kappa shape index (κ2) is 9.67. The first kappa shape index (κ1) is 22.2. The first-order valence-corrected chi connectivity index (χ1v) is 11.4. The second-order valence-corrected chi connectivity index (χ2v) is 8.55. The van der Waals surface area contributed by atoms with Gasteiger partial charge >= 0.3 is 0 Å². The van der Waals surface area contributed by atoms with E-state index in [-0.39, 0.29) is 5.91 Å². The highest BCUT2D eigenvalue weighted by Gasteiger charge is 2.30. The Labute approximate surface area is 198 Å². The summed E-state index contributed by atoms with van der Waals surface area (Å²) in [5.74, 6) is -0.197. The Morgan fingerprint density at radius 1 is 1.25 bits per heavy atom. The number of nitrogens with zero attached hydrogens (tertiary/aromatic N) is 2. The lowest BCUT2D eigenvalue weighted by Gasteiger charge is -2.23. The summed E-state index contributed by atoms with van der Waals surface area (Å²) in [6.45, 7) is 2.12. The fraction of sp³-hybridized carbons (Fsp3) is 0.240. The van der Waals surface area contributed by atoms with Crippen molar-refractivity contribution in [3.63, 3.8) is 0 Å². The minimum atomic E-state index is -0.869. The summed E-state index contributed by atoms with van der Waals surface area (Å²) in [4.78, 5) is 19.8.